The van der Waals surface area contributed by atoms with E-state index in [2.05, 4.69) is 94.4 Å². The van der Waals surface area contributed by atoms with Crippen LogP contribution < -0.4 is 10.4 Å². The molecule has 2 rings (SSSR count). The minimum Gasteiger partial charge on any atom is -0.404 e. The smallest absolute Gasteiger partial charge is 0.261 e. The van der Waals surface area contributed by atoms with Crippen molar-refractivity contribution in [3.63, 3.8) is 0 Å². The summed E-state index contributed by atoms with van der Waals surface area (Å²) >= 11 is 0. The Hall–Kier alpha value is -1.68. The molecule has 0 aromatic heterocycles. The first-order valence-electron chi connectivity index (χ1n) is 9.43. The summed E-state index contributed by atoms with van der Waals surface area (Å²) in [5.41, 5.74) is 1.27. The Kier molecular flexibility index (Phi) is 7.39. The molecule has 0 saturated carbocycles. The van der Waals surface area contributed by atoms with Crippen LogP contribution in [0.3, 0.4) is 0 Å². The highest BCUT2D eigenvalue weighted by molar-refractivity contribution is 6.99. The van der Waals surface area contributed by atoms with Crippen molar-refractivity contribution in [1.29, 1.82) is 0 Å². The van der Waals surface area contributed by atoms with Crippen LogP contribution in [0.15, 0.2) is 72.3 Å². The molecule has 2 aromatic carbocycles. The van der Waals surface area contributed by atoms with Gasteiger partial charge in [-0.2, -0.15) is 0 Å². The highest BCUT2D eigenvalue weighted by atomic mass is 28.4. The molecule has 0 aliphatic heterocycles. The fourth-order valence-electron chi connectivity index (χ4n) is 3.53. The molecule has 0 aliphatic rings. The summed E-state index contributed by atoms with van der Waals surface area (Å²) in [5, 5.41) is 11.6. The van der Waals surface area contributed by atoms with Crippen molar-refractivity contribution >= 4 is 18.7 Å². The van der Waals surface area contributed by atoms with Gasteiger partial charge in [0.15, 0.2) is 0 Å². The first-order valence-corrected chi connectivity index (χ1v) is 11.3. The van der Waals surface area contributed by atoms with Crippen molar-refractivity contribution in [2.75, 3.05) is 13.2 Å². The van der Waals surface area contributed by atoms with E-state index in [1.165, 1.54) is 15.9 Å². The summed E-state index contributed by atoms with van der Waals surface area (Å²) in [4.78, 5) is 0. The average Bonchev–Trinajstić information content (AvgIpc) is 2.64. The molecule has 0 saturated heterocycles. The topological polar surface area (TPSA) is 29.5 Å². The van der Waals surface area contributed by atoms with E-state index in [-0.39, 0.29) is 11.6 Å². The lowest BCUT2D eigenvalue weighted by atomic mass is 10.2. The Morgan fingerprint density at radius 2 is 1.46 bits per heavy atom. The minimum absolute atomic E-state index is 0.00253. The molecule has 3 heteroatoms. The molecule has 1 N–H and O–H groups in total. The first-order chi connectivity index (χ1) is 12.4. The predicted octanol–water partition coefficient (Wildman–Crippen LogP) is 4.28. The molecule has 0 heterocycles. The van der Waals surface area contributed by atoms with E-state index in [4.69, 9.17) is 9.53 Å². The first kappa shape index (κ1) is 20.6. The maximum absolute atomic E-state index is 9.02. The Morgan fingerprint density at radius 3 is 1.88 bits per heavy atom. The Morgan fingerprint density at radius 1 is 0.962 bits per heavy atom. The van der Waals surface area contributed by atoms with Crippen LogP contribution in [-0.4, -0.2) is 26.6 Å². The summed E-state index contributed by atoms with van der Waals surface area (Å²) in [6, 6.07) is 21.4. The van der Waals surface area contributed by atoms with Crippen molar-refractivity contribution in [2.45, 2.75) is 45.6 Å². The van der Waals surface area contributed by atoms with Gasteiger partial charge in [0.1, 0.15) is 0 Å². The van der Waals surface area contributed by atoms with Crippen LogP contribution in [0.5, 0.6) is 0 Å². The number of hydrogen-bond acceptors (Lipinski definition) is 2. The quantitative estimate of drug-likeness (QED) is 0.557. The van der Waals surface area contributed by atoms with Crippen molar-refractivity contribution in [3.8, 4) is 0 Å². The molecule has 0 unspecified atom stereocenters. The zero-order valence-corrected chi connectivity index (χ0v) is 17.5. The summed E-state index contributed by atoms with van der Waals surface area (Å²) in [5.74, 6) is 0. The van der Waals surface area contributed by atoms with E-state index in [1.807, 2.05) is 0 Å². The fraction of sp³-hybridized carbons (Fsp3) is 0.391. The van der Waals surface area contributed by atoms with Crippen molar-refractivity contribution in [1.82, 2.24) is 0 Å². The van der Waals surface area contributed by atoms with Gasteiger partial charge in [0.25, 0.3) is 8.32 Å². The minimum atomic E-state index is -2.44. The average molecular weight is 369 g/mol. The molecule has 140 valence electrons. The van der Waals surface area contributed by atoms with Gasteiger partial charge in [-0.3, -0.25) is 0 Å². The zero-order chi connectivity index (χ0) is 19.0. The van der Waals surface area contributed by atoms with E-state index < -0.39 is 8.32 Å². The van der Waals surface area contributed by atoms with Gasteiger partial charge < -0.3 is 9.53 Å². The summed E-state index contributed by atoms with van der Waals surface area (Å²) in [7, 11) is -2.44. The number of allylic oxidation sites excluding steroid dienone is 1. The van der Waals surface area contributed by atoms with E-state index in [0.29, 0.717) is 6.61 Å². The molecule has 0 fully saturated rings. The Balaban J connectivity index is 2.44. The number of aliphatic hydroxyl groups is 1. The van der Waals surface area contributed by atoms with Gasteiger partial charge in [0, 0.05) is 6.61 Å². The van der Waals surface area contributed by atoms with Gasteiger partial charge in [0.2, 0.25) is 0 Å². The molecular weight excluding hydrogens is 336 g/mol. The Labute approximate surface area is 159 Å². The molecule has 0 atom stereocenters. The van der Waals surface area contributed by atoms with Gasteiger partial charge in [-0.05, 0) is 35.2 Å². The van der Waals surface area contributed by atoms with Crippen LogP contribution in [0.2, 0.25) is 5.04 Å². The van der Waals surface area contributed by atoms with Gasteiger partial charge in [0.05, 0.1) is 6.61 Å². The maximum atomic E-state index is 9.02. The Bertz CT molecular complexity index is 648. The lowest BCUT2D eigenvalue weighted by molar-refractivity contribution is 0.288. The standard InChI is InChI=1S/C23H32O2Si/c1-20(12-11-18-24)17-19-25-26(23(2,3)4,21-13-7-5-8-14-21)22-15-9-6-10-16-22/h5-10,13-17,24H,11-12,18-19H2,1-4H3/b20-17-. The number of benzene rings is 2. The van der Waals surface area contributed by atoms with Crippen LogP contribution in [0.4, 0.5) is 0 Å². The molecule has 0 aliphatic carbocycles. The van der Waals surface area contributed by atoms with Crippen LogP contribution in [0.25, 0.3) is 0 Å². The normalized spacial score (nSPS) is 13.0. The highest BCUT2D eigenvalue weighted by Crippen LogP contribution is 2.36. The second-order valence-corrected chi connectivity index (χ2v) is 12.2. The largest absolute Gasteiger partial charge is 0.404 e. The molecular formula is C23H32O2Si. The predicted molar refractivity (Wildman–Crippen MR) is 114 cm³/mol. The van der Waals surface area contributed by atoms with Gasteiger partial charge in [-0.15, -0.1) is 0 Å². The van der Waals surface area contributed by atoms with Gasteiger partial charge >= 0.3 is 0 Å². The van der Waals surface area contributed by atoms with E-state index in [1.54, 1.807) is 0 Å². The summed E-state index contributed by atoms with van der Waals surface area (Å²) < 4.78 is 6.82. The number of hydrogen-bond donors (Lipinski definition) is 1. The van der Waals surface area contributed by atoms with E-state index in [0.717, 1.165) is 12.8 Å². The van der Waals surface area contributed by atoms with Gasteiger partial charge in [-0.25, -0.2) is 0 Å². The lowest BCUT2D eigenvalue weighted by Crippen LogP contribution is -2.66. The second-order valence-electron chi connectivity index (χ2n) is 7.85. The van der Waals surface area contributed by atoms with Gasteiger partial charge in [-0.1, -0.05) is 93.1 Å². The molecule has 2 aromatic rings. The summed E-state index contributed by atoms with van der Waals surface area (Å²) in [6.07, 6.45) is 3.90. The molecule has 0 spiro atoms. The zero-order valence-electron chi connectivity index (χ0n) is 16.5. The van der Waals surface area contributed by atoms with E-state index in [9.17, 15) is 0 Å². The molecule has 2 nitrogen and oxygen atoms in total. The third-order valence-electron chi connectivity index (χ3n) is 4.88. The fourth-order valence-corrected chi connectivity index (χ4v) is 8.02. The maximum Gasteiger partial charge on any atom is 0.261 e. The number of aliphatic hydroxyl groups excluding tert-OH is 1. The lowest BCUT2D eigenvalue weighted by Gasteiger charge is -2.42. The van der Waals surface area contributed by atoms with E-state index >= 15 is 0 Å². The highest BCUT2D eigenvalue weighted by Gasteiger charge is 2.49. The number of rotatable bonds is 8. The van der Waals surface area contributed by atoms with Crippen LogP contribution >= 0.6 is 0 Å². The monoisotopic (exact) mass is 368 g/mol. The van der Waals surface area contributed by atoms with Crippen LogP contribution in [-0.2, 0) is 4.43 Å². The van der Waals surface area contributed by atoms with Crippen LogP contribution in [0, 0.1) is 0 Å². The third kappa shape index (κ3) is 4.73. The summed E-state index contributed by atoms with van der Waals surface area (Å²) in [6.45, 7) is 9.83. The second kappa shape index (κ2) is 9.31. The molecule has 0 radical (unpaired) electrons. The van der Waals surface area contributed by atoms with Crippen molar-refractivity contribution in [2.24, 2.45) is 0 Å². The molecule has 26 heavy (non-hydrogen) atoms. The molecule has 0 bridgehead atoms. The van der Waals surface area contributed by atoms with Crippen molar-refractivity contribution < 1.29 is 9.53 Å². The third-order valence-corrected chi connectivity index (χ3v) is 9.88. The van der Waals surface area contributed by atoms with Crippen molar-refractivity contribution in [3.05, 3.63) is 72.3 Å². The SMILES string of the molecule is C/C(=C/CO[Si](c1ccccc1)(c1ccccc1)C(C)(C)C)CCCO. The molecule has 0 amide bonds. The van der Waals surface area contributed by atoms with Crippen LogP contribution in [0.1, 0.15) is 40.5 Å².